The number of nitrogens with zero attached hydrogens (tertiary/aromatic N) is 2. The maximum absolute atomic E-state index is 13.6. The number of Topliss-reactive ketones (excluding diaryl/α,β-unsaturated/α-hetero) is 1. The van der Waals surface area contributed by atoms with E-state index in [0.29, 0.717) is 25.0 Å². The average molecular weight is 395 g/mol. The van der Waals surface area contributed by atoms with Crippen molar-refractivity contribution in [3.05, 3.63) is 0 Å². The van der Waals surface area contributed by atoms with E-state index in [1.807, 2.05) is 0 Å². The standard InChI is InChI=1S/C23H42N2O3/c1-11-24-18(2,3)13-22(14-19(24,4)5)12-17(26)23(28-22)15-20(6,7)25(27-10)21(8,9)16-23/h11-16H2,1-10H3. The molecule has 162 valence electrons. The van der Waals surface area contributed by atoms with Gasteiger partial charge in [0.05, 0.1) is 12.7 Å². The molecule has 0 N–H and O–H groups in total. The summed E-state index contributed by atoms with van der Waals surface area (Å²) in [4.78, 5) is 21.9. The molecule has 5 heteroatoms. The molecule has 3 heterocycles. The van der Waals surface area contributed by atoms with E-state index in [4.69, 9.17) is 9.57 Å². The van der Waals surface area contributed by atoms with Gasteiger partial charge < -0.3 is 9.57 Å². The lowest BCUT2D eigenvalue weighted by molar-refractivity contribution is -0.300. The van der Waals surface area contributed by atoms with E-state index in [0.717, 1.165) is 19.4 Å². The van der Waals surface area contributed by atoms with Crippen LogP contribution in [0.3, 0.4) is 0 Å². The highest BCUT2D eigenvalue weighted by Crippen LogP contribution is 2.57. The molecule has 3 aliphatic rings. The number of carbonyl (C=O) groups is 1. The SMILES string of the molecule is CCN1C(C)(C)CC2(CC(=O)C3(CC(C)(C)N(OC)C(C)(C)C3)O2)CC1(C)C. The molecule has 0 saturated carbocycles. The molecular weight excluding hydrogens is 352 g/mol. The Bertz CT molecular complexity index is 614. The zero-order chi connectivity index (χ0) is 21.4. The van der Waals surface area contributed by atoms with Gasteiger partial charge in [-0.05, 0) is 74.8 Å². The minimum absolute atomic E-state index is 0.000573. The molecule has 3 fully saturated rings. The number of hydrogen-bond donors (Lipinski definition) is 0. The van der Waals surface area contributed by atoms with Crippen molar-refractivity contribution in [2.45, 2.75) is 128 Å². The molecule has 3 rings (SSSR count). The highest BCUT2D eigenvalue weighted by molar-refractivity contribution is 5.91. The van der Waals surface area contributed by atoms with Crippen molar-refractivity contribution in [2.75, 3.05) is 13.7 Å². The Kier molecular flexibility index (Phi) is 4.96. The fourth-order valence-corrected chi connectivity index (χ4v) is 7.85. The van der Waals surface area contributed by atoms with E-state index < -0.39 is 5.60 Å². The van der Waals surface area contributed by atoms with Crippen LogP contribution in [0.2, 0.25) is 0 Å². The molecule has 0 atom stereocenters. The van der Waals surface area contributed by atoms with Crippen LogP contribution in [0.5, 0.6) is 0 Å². The molecule has 0 aliphatic carbocycles. The molecule has 0 bridgehead atoms. The van der Waals surface area contributed by atoms with Crippen LogP contribution in [0, 0.1) is 0 Å². The summed E-state index contributed by atoms with van der Waals surface area (Å²) < 4.78 is 7.00. The number of hydrogen-bond acceptors (Lipinski definition) is 5. The van der Waals surface area contributed by atoms with Gasteiger partial charge in [0.1, 0.15) is 5.60 Å². The lowest BCUT2D eigenvalue weighted by Crippen LogP contribution is -2.68. The summed E-state index contributed by atoms with van der Waals surface area (Å²) in [6, 6.07) is 0. The number of ketones is 1. The first kappa shape index (κ1) is 22.2. The van der Waals surface area contributed by atoms with Gasteiger partial charge in [-0.25, -0.2) is 0 Å². The summed E-state index contributed by atoms with van der Waals surface area (Å²) in [5.41, 5.74) is -1.61. The molecule has 0 radical (unpaired) electrons. The zero-order valence-electron chi connectivity index (χ0n) is 19.9. The third kappa shape index (κ3) is 3.27. The quantitative estimate of drug-likeness (QED) is 0.697. The molecule has 0 aromatic carbocycles. The fraction of sp³-hybridized carbons (Fsp3) is 0.957. The van der Waals surface area contributed by atoms with Crippen molar-refractivity contribution in [1.82, 2.24) is 9.96 Å². The van der Waals surface area contributed by atoms with Crippen LogP contribution in [-0.4, -0.2) is 62.8 Å². The van der Waals surface area contributed by atoms with Crippen LogP contribution >= 0.6 is 0 Å². The third-order valence-corrected chi connectivity index (χ3v) is 7.41. The van der Waals surface area contributed by atoms with Gasteiger partial charge in [0, 0.05) is 41.4 Å². The van der Waals surface area contributed by atoms with Crippen molar-refractivity contribution in [1.29, 1.82) is 0 Å². The number of hydroxylamine groups is 2. The molecule has 3 saturated heterocycles. The largest absolute Gasteiger partial charge is 0.360 e. The maximum Gasteiger partial charge on any atom is 0.167 e. The van der Waals surface area contributed by atoms with Crippen LogP contribution in [0.25, 0.3) is 0 Å². The van der Waals surface area contributed by atoms with Crippen molar-refractivity contribution in [3.8, 4) is 0 Å². The molecule has 0 aromatic heterocycles. The minimum Gasteiger partial charge on any atom is -0.360 e. The van der Waals surface area contributed by atoms with E-state index in [1.54, 1.807) is 7.11 Å². The molecule has 0 unspecified atom stereocenters. The smallest absolute Gasteiger partial charge is 0.167 e. The van der Waals surface area contributed by atoms with Crippen LogP contribution < -0.4 is 0 Å². The van der Waals surface area contributed by atoms with Crippen LogP contribution in [0.1, 0.15) is 94.4 Å². The Labute approximate surface area is 172 Å². The molecule has 3 aliphatic heterocycles. The monoisotopic (exact) mass is 394 g/mol. The van der Waals surface area contributed by atoms with Crippen LogP contribution in [0.4, 0.5) is 0 Å². The number of rotatable bonds is 2. The topological polar surface area (TPSA) is 42.0 Å². The first-order chi connectivity index (χ1) is 12.5. The number of piperidine rings is 2. The Hall–Kier alpha value is -0.490. The molecule has 5 nitrogen and oxygen atoms in total. The predicted octanol–water partition coefficient (Wildman–Crippen LogP) is 4.34. The normalized spacial score (nSPS) is 32.9. The van der Waals surface area contributed by atoms with E-state index in [1.165, 1.54) is 0 Å². The summed E-state index contributed by atoms with van der Waals surface area (Å²) in [7, 11) is 1.73. The molecule has 0 amide bonds. The van der Waals surface area contributed by atoms with Gasteiger partial charge in [0.2, 0.25) is 0 Å². The molecule has 28 heavy (non-hydrogen) atoms. The van der Waals surface area contributed by atoms with Gasteiger partial charge in [-0.15, -0.1) is 0 Å². The van der Waals surface area contributed by atoms with Crippen molar-refractivity contribution in [3.63, 3.8) is 0 Å². The maximum atomic E-state index is 13.6. The van der Waals surface area contributed by atoms with Crippen LogP contribution in [-0.2, 0) is 14.4 Å². The van der Waals surface area contributed by atoms with Crippen molar-refractivity contribution >= 4 is 5.78 Å². The Morgan fingerprint density at radius 3 is 1.71 bits per heavy atom. The third-order valence-electron chi connectivity index (χ3n) is 7.41. The number of likely N-dealkylation sites (tertiary alicyclic amines) is 1. The summed E-state index contributed by atoms with van der Waals surface area (Å²) >= 11 is 0. The van der Waals surface area contributed by atoms with Gasteiger partial charge in [0.15, 0.2) is 5.78 Å². The second kappa shape index (κ2) is 6.26. The lowest BCUT2D eigenvalue weighted by Gasteiger charge is -2.60. The number of ether oxygens (including phenoxy) is 1. The highest BCUT2D eigenvalue weighted by atomic mass is 16.7. The van der Waals surface area contributed by atoms with E-state index in [2.05, 4.69) is 72.3 Å². The summed E-state index contributed by atoms with van der Waals surface area (Å²) in [6.45, 7) is 21.1. The second-order valence-corrected chi connectivity index (χ2v) is 12.1. The molecular formula is C23H42N2O3. The van der Waals surface area contributed by atoms with Gasteiger partial charge in [0.25, 0.3) is 0 Å². The van der Waals surface area contributed by atoms with Gasteiger partial charge in [-0.3, -0.25) is 9.69 Å². The summed E-state index contributed by atoms with van der Waals surface area (Å²) in [6.07, 6.45) is 3.70. The molecule has 0 aromatic rings. The fourth-order valence-electron chi connectivity index (χ4n) is 7.85. The second-order valence-electron chi connectivity index (χ2n) is 12.1. The van der Waals surface area contributed by atoms with Gasteiger partial charge in [-0.1, -0.05) is 6.92 Å². The Morgan fingerprint density at radius 2 is 1.32 bits per heavy atom. The Morgan fingerprint density at radius 1 is 0.857 bits per heavy atom. The van der Waals surface area contributed by atoms with Crippen molar-refractivity contribution < 1.29 is 14.4 Å². The number of carbonyl (C=O) groups excluding carboxylic acids is 1. The minimum atomic E-state index is -0.706. The van der Waals surface area contributed by atoms with Crippen LogP contribution in [0.15, 0.2) is 0 Å². The van der Waals surface area contributed by atoms with Crippen molar-refractivity contribution in [2.24, 2.45) is 0 Å². The highest BCUT2D eigenvalue weighted by Gasteiger charge is 2.66. The lowest BCUT2D eigenvalue weighted by atomic mass is 9.68. The van der Waals surface area contributed by atoms with E-state index in [9.17, 15) is 4.79 Å². The van der Waals surface area contributed by atoms with E-state index >= 15 is 0 Å². The van der Waals surface area contributed by atoms with E-state index in [-0.39, 0.29) is 27.8 Å². The first-order valence-electron chi connectivity index (χ1n) is 10.9. The predicted molar refractivity (Wildman–Crippen MR) is 112 cm³/mol. The van der Waals surface area contributed by atoms with Gasteiger partial charge >= 0.3 is 0 Å². The summed E-state index contributed by atoms with van der Waals surface area (Å²) in [5, 5.41) is 2.06. The van der Waals surface area contributed by atoms with Gasteiger partial charge in [-0.2, -0.15) is 5.06 Å². The molecule has 2 spiro atoms. The summed E-state index contributed by atoms with van der Waals surface area (Å²) in [5.74, 6) is 0.293. The zero-order valence-corrected chi connectivity index (χ0v) is 19.9. The average Bonchev–Trinajstić information content (AvgIpc) is 2.63. The Balaban J connectivity index is 1.98. The first-order valence-corrected chi connectivity index (χ1v) is 10.9.